The van der Waals surface area contributed by atoms with Crippen molar-refractivity contribution in [2.24, 2.45) is 11.8 Å². The Morgan fingerprint density at radius 2 is 1.56 bits per heavy atom. The summed E-state index contributed by atoms with van der Waals surface area (Å²) in [6.45, 7) is 2.46. The molecule has 1 amide bonds. The number of aldehydes is 2. The Hall–Kier alpha value is -3.40. The zero-order valence-corrected chi connectivity index (χ0v) is 27.9. The Morgan fingerprint density at radius 3 is 2.06 bits per heavy atom. The van der Waals surface area contributed by atoms with E-state index in [1.165, 1.54) is 20.3 Å². The molecular weight excluding hydrogens is 652 g/mol. The molecule has 3 heterocycles. The van der Waals surface area contributed by atoms with E-state index in [4.69, 9.17) is 50.6 Å². The van der Waals surface area contributed by atoms with Gasteiger partial charge in [-0.1, -0.05) is 11.6 Å². The number of hydrogen-bond donors (Lipinski definition) is 2. The number of carbonyl (C=O) groups excluding carboxylic acids is 5. The maximum atomic E-state index is 14.6. The number of Topliss-reactive ketones (excluding diaryl/α,β-unsaturated/α-hetero) is 2. The second kappa shape index (κ2) is 15.4. The van der Waals surface area contributed by atoms with E-state index in [1.54, 1.807) is 6.92 Å². The third-order valence-corrected chi connectivity index (χ3v) is 9.73. The summed E-state index contributed by atoms with van der Waals surface area (Å²) in [6, 6.07) is 0. The molecule has 3 aliphatic heterocycles. The van der Waals surface area contributed by atoms with Crippen LogP contribution in [0.2, 0.25) is 5.02 Å². The maximum Gasteiger partial charge on any atom is 0.267 e. The monoisotopic (exact) mass is 692 g/mol. The van der Waals surface area contributed by atoms with Crippen LogP contribution in [0.5, 0.6) is 11.5 Å². The fraction of sp³-hybridized carbons (Fsp3) is 0.606. The largest absolute Gasteiger partial charge is 0.497 e. The first-order valence-corrected chi connectivity index (χ1v) is 16.4. The topological polar surface area (TPSA) is 188 Å². The summed E-state index contributed by atoms with van der Waals surface area (Å²) in [6.07, 6.45) is 2.34. The molecule has 2 saturated heterocycles. The van der Waals surface area contributed by atoms with Crippen LogP contribution in [0.25, 0.3) is 0 Å². The molecule has 2 fully saturated rings. The number of nitrogens with two attached hydrogens (primary N) is 1. The van der Waals surface area contributed by atoms with Crippen LogP contribution in [0.4, 0.5) is 0 Å². The molecule has 1 spiro atoms. The minimum Gasteiger partial charge on any atom is -0.497 e. The quantitative estimate of drug-likeness (QED) is 0.101. The fourth-order valence-electron chi connectivity index (χ4n) is 7.05. The molecule has 0 radical (unpaired) electrons. The van der Waals surface area contributed by atoms with E-state index in [0.717, 1.165) is 25.7 Å². The molecule has 3 N–H and O–H groups in total. The number of nitrogens with one attached hydrogen (secondary N) is 1. The second-order valence-electron chi connectivity index (χ2n) is 12.2. The number of nitrogen functional groups attached to an aromatic ring is 1. The zero-order chi connectivity index (χ0) is 34.6. The van der Waals surface area contributed by atoms with E-state index < -0.39 is 59.7 Å². The predicted octanol–water partition coefficient (Wildman–Crippen LogP) is 2.78. The number of hydrazine groups is 1. The van der Waals surface area contributed by atoms with Gasteiger partial charge in [0, 0.05) is 24.7 Å². The van der Waals surface area contributed by atoms with Crippen molar-refractivity contribution in [1.82, 2.24) is 5.43 Å². The van der Waals surface area contributed by atoms with Gasteiger partial charge >= 0.3 is 0 Å². The Bertz CT molecular complexity index is 1450. The number of ether oxygens (including phenoxy) is 7. The van der Waals surface area contributed by atoms with Crippen LogP contribution in [0.15, 0.2) is 11.8 Å². The molecule has 1 aliphatic carbocycles. The van der Waals surface area contributed by atoms with Crippen LogP contribution in [-0.4, -0.2) is 87.9 Å². The van der Waals surface area contributed by atoms with E-state index in [-0.39, 0.29) is 51.8 Å². The number of halogens is 1. The summed E-state index contributed by atoms with van der Waals surface area (Å²) in [5.41, 5.74) is 0.805. The number of hydrogen-bond acceptors (Lipinski definition) is 13. The average Bonchev–Trinajstić information content (AvgIpc) is 3.45. The first-order valence-electron chi connectivity index (χ1n) is 16.0. The lowest BCUT2D eigenvalue weighted by molar-refractivity contribution is -0.191. The third kappa shape index (κ3) is 6.61. The van der Waals surface area contributed by atoms with Gasteiger partial charge in [-0.3, -0.25) is 29.4 Å². The van der Waals surface area contributed by atoms with Gasteiger partial charge in [0.15, 0.2) is 54.5 Å². The molecule has 4 unspecified atom stereocenters. The van der Waals surface area contributed by atoms with E-state index in [1.807, 2.05) is 0 Å². The summed E-state index contributed by atoms with van der Waals surface area (Å²) in [7, 11) is 2.70. The van der Waals surface area contributed by atoms with Gasteiger partial charge in [0.2, 0.25) is 0 Å². The van der Waals surface area contributed by atoms with Crippen molar-refractivity contribution in [1.29, 1.82) is 0 Å². The molecule has 14 nitrogen and oxygen atoms in total. The minimum absolute atomic E-state index is 0.0118. The van der Waals surface area contributed by atoms with E-state index in [0.29, 0.717) is 38.6 Å². The number of amides is 1. The Kier molecular flexibility index (Phi) is 11.5. The molecule has 0 bridgehead atoms. The van der Waals surface area contributed by atoms with Crippen LogP contribution < -0.4 is 20.7 Å². The highest BCUT2D eigenvalue weighted by molar-refractivity contribution is 6.36. The van der Waals surface area contributed by atoms with Crippen LogP contribution in [0.1, 0.15) is 78.8 Å². The molecule has 4 aliphatic rings. The molecule has 0 saturated carbocycles. The van der Waals surface area contributed by atoms with Crippen molar-refractivity contribution in [3.05, 3.63) is 33.5 Å². The summed E-state index contributed by atoms with van der Waals surface area (Å²) < 4.78 is 41.0. The van der Waals surface area contributed by atoms with Crippen molar-refractivity contribution in [2.45, 2.75) is 94.6 Å². The lowest BCUT2D eigenvalue weighted by atomic mass is 9.70. The predicted molar refractivity (Wildman–Crippen MR) is 167 cm³/mol. The molecule has 1 aromatic rings. The number of allylic oxidation sites excluding steroid dienone is 1. The highest BCUT2D eigenvalue weighted by atomic mass is 35.5. The van der Waals surface area contributed by atoms with Gasteiger partial charge in [-0.25, -0.2) is 5.84 Å². The molecule has 48 heavy (non-hydrogen) atoms. The molecular formula is C33H41ClN2O12. The van der Waals surface area contributed by atoms with Gasteiger partial charge in [-0.15, -0.1) is 0 Å². The maximum absolute atomic E-state index is 14.6. The van der Waals surface area contributed by atoms with Crippen LogP contribution in [0.3, 0.4) is 0 Å². The van der Waals surface area contributed by atoms with Gasteiger partial charge in [0.05, 0.1) is 30.4 Å². The SMILES string of the molecule is COC1=CC(C(=O)[C@@H](C=O)OC2CCCCO2)CC[C@@]12Oc1c(Cl)c(C(=O)NN)c(C)c(OC)c1C2C(=O)[C@@H](C=O)OC1CCCCO1. The van der Waals surface area contributed by atoms with Crippen molar-refractivity contribution in [2.75, 3.05) is 27.4 Å². The van der Waals surface area contributed by atoms with Crippen LogP contribution in [0, 0.1) is 12.8 Å². The standard InChI is InChI=1S/C33H41ClN2O12/c1-17-24(32(41)36-35)27(34)31-25(30(17)43-3)26(29(40)20(16-38)47-23-9-5-7-13-45-23)33(48-31)11-10-18(14-21(33)42-2)28(39)19(15-37)46-22-8-4-6-12-44-22/h14-16,18-20,22-23,26H,4-13,35H2,1-3H3,(H,36,41)/t18?,19-,20-,22?,23?,26?,33-/m1/s1. The Labute approximate surface area is 282 Å². The normalized spacial score (nSPS) is 27.9. The van der Waals surface area contributed by atoms with Gasteiger partial charge in [0.1, 0.15) is 23.2 Å². The molecule has 1 aromatic carbocycles. The number of ketones is 2. The van der Waals surface area contributed by atoms with Gasteiger partial charge in [0.25, 0.3) is 5.91 Å². The molecule has 5 rings (SSSR count). The first kappa shape index (κ1) is 35.9. The zero-order valence-electron chi connectivity index (χ0n) is 27.1. The minimum atomic E-state index is -1.66. The average molecular weight is 693 g/mol. The lowest BCUT2D eigenvalue weighted by Gasteiger charge is -2.40. The summed E-state index contributed by atoms with van der Waals surface area (Å²) in [5.74, 6) is 1.46. The van der Waals surface area contributed by atoms with E-state index in [9.17, 15) is 24.0 Å². The summed E-state index contributed by atoms with van der Waals surface area (Å²) in [4.78, 5) is 65.6. The number of fused-ring (bicyclic) bond motifs is 1. The first-order chi connectivity index (χ1) is 23.1. The van der Waals surface area contributed by atoms with Crippen molar-refractivity contribution in [3.8, 4) is 11.5 Å². The lowest BCUT2D eigenvalue weighted by Crippen LogP contribution is -2.51. The van der Waals surface area contributed by atoms with Crippen molar-refractivity contribution in [3.63, 3.8) is 0 Å². The summed E-state index contributed by atoms with van der Waals surface area (Å²) in [5, 5.41) is -0.143. The highest BCUT2D eigenvalue weighted by Crippen LogP contribution is 2.60. The summed E-state index contributed by atoms with van der Waals surface area (Å²) >= 11 is 6.82. The van der Waals surface area contributed by atoms with Gasteiger partial charge in [-0.2, -0.15) is 0 Å². The smallest absolute Gasteiger partial charge is 0.267 e. The van der Waals surface area contributed by atoms with Gasteiger partial charge < -0.3 is 33.2 Å². The second-order valence-corrected chi connectivity index (χ2v) is 12.5. The molecule has 7 atom stereocenters. The highest BCUT2D eigenvalue weighted by Gasteiger charge is 2.61. The fourth-order valence-corrected chi connectivity index (χ4v) is 7.42. The van der Waals surface area contributed by atoms with Crippen LogP contribution in [-0.2, 0) is 42.9 Å². The van der Waals surface area contributed by atoms with E-state index >= 15 is 0 Å². The molecule has 15 heteroatoms. The Morgan fingerprint density at radius 1 is 0.958 bits per heavy atom. The van der Waals surface area contributed by atoms with Crippen LogP contribution >= 0.6 is 11.6 Å². The number of carbonyl (C=O) groups is 5. The Balaban J connectivity index is 1.59. The van der Waals surface area contributed by atoms with E-state index in [2.05, 4.69) is 5.43 Å². The molecule has 262 valence electrons. The third-order valence-electron chi connectivity index (χ3n) is 9.37. The number of rotatable bonds is 13. The number of methoxy groups -OCH3 is 2. The molecule has 0 aromatic heterocycles. The van der Waals surface area contributed by atoms with Crippen molar-refractivity contribution >= 4 is 41.6 Å². The van der Waals surface area contributed by atoms with Gasteiger partial charge in [-0.05, 0) is 64.4 Å². The number of benzene rings is 1. The van der Waals surface area contributed by atoms with Crippen molar-refractivity contribution < 1.29 is 57.1 Å².